The monoisotopic (exact) mass is 209 g/mol. The van der Waals surface area contributed by atoms with Crippen molar-refractivity contribution >= 4 is 17.5 Å². The summed E-state index contributed by atoms with van der Waals surface area (Å²) in [7, 11) is 0. The molecular weight excluding hydrogens is 194 g/mol. The summed E-state index contributed by atoms with van der Waals surface area (Å²) in [6.45, 7) is 3.62. The Bertz CT molecular complexity index is 346. The number of nitrogens with zero attached hydrogens (tertiary/aromatic N) is 1. The zero-order chi connectivity index (χ0) is 11.5. The molecule has 82 valence electrons. The standard InChI is InChI=1S/C10H15N3O2/c1-10(2,9(14)15)6-13-8-4-3-7(11)5-12-8/h3-5H,6,11H2,1-2H3,(H,12,13)(H,14,15). The van der Waals surface area contributed by atoms with Gasteiger partial charge in [0.2, 0.25) is 0 Å². The van der Waals surface area contributed by atoms with Crippen molar-refractivity contribution in [1.82, 2.24) is 4.98 Å². The van der Waals surface area contributed by atoms with E-state index < -0.39 is 11.4 Å². The van der Waals surface area contributed by atoms with Crippen molar-refractivity contribution in [3.05, 3.63) is 18.3 Å². The molecule has 0 aliphatic heterocycles. The predicted octanol–water partition coefficient (Wildman–Crippen LogP) is 1.19. The largest absolute Gasteiger partial charge is 0.481 e. The maximum Gasteiger partial charge on any atom is 0.310 e. The van der Waals surface area contributed by atoms with E-state index in [4.69, 9.17) is 10.8 Å². The van der Waals surface area contributed by atoms with Crippen LogP contribution in [-0.2, 0) is 4.79 Å². The van der Waals surface area contributed by atoms with Gasteiger partial charge in [0.15, 0.2) is 0 Å². The smallest absolute Gasteiger partial charge is 0.310 e. The highest BCUT2D eigenvalue weighted by Gasteiger charge is 2.26. The predicted molar refractivity (Wildman–Crippen MR) is 58.6 cm³/mol. The van der Waals surface area contributed by atoms with Crippen LogP contribution in [0, 0.1) is 5.41 Å². The molecule has 0 spiro atoms. The number of nitrogens with two attached hydrogens (primary N) is 1. The highest BCUT2D eigenvalue weighted by atomic mass is 16.4. The van der Waals surface area contributed by atoms with Crippen LogP contribution in [0.5, 0.6) is 0 Å². The summed E-state index contributed by atoms with van der Waals surface area (Å²) in [4.78, 5) is 14.8. The van der Waals surface area contributed by atoms with Gasteiger partial charge in [0, 0.05) is 6.54 Å². The molecule has 5 nitrogen and oxygen atoms in total. The van der Waals surface area contributed by atoms with E-state index in [-0.39, 0.29) is 0 Å². The molecular formula is C10H15N3O2. The lowest BCUT2D eigenvalue weighted by Gasteiger charge is -2.19. The lowest BCUT2D eigenvalue weighted by Crippen LogP contribution is -2.31. The summed E-state index contributed by atoms with van der Waals surface area (Å²) in [5, 5.41) is 11.8. The van der Waals surface area contributed by atoms with E-state index in [0.29, 0.717) is 18.1 Å². The van der Waals surface area contributed by atoms with E-state index in [1.807, 2.05) is 0 Å². The minimum Gasteiger partial charge on any atom is -0.481 e. The van der Waals surface area contributed by atoms with E-state index in [1.54, 1.807) is 26.0 Å². The first kappa shape index (κ1) is 11.3. The molecule has 1 heterocycles. The number of hydrogen-bond donors (Lipinski definition) is 3. The molecule has 0 aliphatic carbocycles. The maximum atomic E-state index is 10.8. The van der Waals surface area contributed by atoms with Crippen LogP contribution in [0.25, 0.3) is 0 Å². The van der Waals surface area contributed by atoms with E-state index in [2.05, 4.69) is 10.3 Å². The van der Waals surface area contributed by atoms with E-state index >= 15 is 0 Å². The third kappa shape index (κ3) is 3.12. The van der Waals surface area contributed by atoms with Crippen LogP contribution in [0.15, 0.2) is 18.3 Å². The number of aliphatic carboxylic acids is 1. The quantitative estimate of drug-likeness (QED) is 0.693. The minimum atomic E-state index is -0.842. The van der Waals surface area contributed by atoms with Crippen molar-refractivity contribution < 1.29 is 9.90 Å². The Morgan fingerprint density at radius 2 is 2.27 bits per heavy atom. The van der Waals surface area contributed by atoms with Gasteiger partial charge in [0.25, 0.3) is 0 Å². The van der Waals surface area contributed by atoms with Crippen LogP contribution in [0.1, 0.15) is 13.8 Å². The third-order valence-electron chi connectivity index (χ3n) is 2.08. The molecule has 1 rings (SSSR count). The van der Waals surface area contributed by atoms with Crippen molar-refractivity contribution in [1.29, 1.82) is 0 Å². The maximum absolute atomic E-state index is 10.8. The lowest BCUT2D eigenvalue weighted by molar-refractivity contribution is -0.146. The van der Waals surface area contributed by atoms with Crippen LogP contribution in [0.3, 0.4) is 0 Å². The fourth-order valence-electron chi connectivity index (χ4n) is 0.897. The molecule has 4 N–H and O–H groups in total. The fourth-order valence-corrected chi connectivity index (χ4v) is 0.897. The zero-order valence-corrected chi connectivity index (χ0v) is 8.82. The van der Waals surface area contributed by atoms with Gasteiger partial charge in [-0.25, -0.2) is 4.98 Å². The number of nitrogen functional groups attached to an aromatic ring is 1. The van der Waals surface area contributed by atoms with E-state index in [1.165, 1.54) is 6.20 Å². The molecule has 0 saturated heterocycles. The average molecular weight is 209 g/mol. The highest BCUT2D eigenvalue weighted by molar-refractivity contribution is 5.74. The van der Waals surface area contributed by atoms with Gasteiger partial charge in [0.05, 0.1) is 17.3 Å². The summed E-state index contributed by atoms with van der Waals surface area (Å²) < 4.78 is 0. The fraction of sp³-hybridized carbons (Fsp3) is 0.400. The van der Waals surface area contributed by atoms with Crippen molar-refractivity contribution in [2.24, 2.45) is 5.41 Å². The summed E-state index contributed by atoms with van der Waals surface area (Å²) in [5.41, 5.74) is 5.24. The van der Waals surface area contributed by atoms with Crippen molar-refractivity contribution in [3.8, 4) is 0 Å². The first-order valence-electron chi connectivity index (χ1n) is 4.60. The number of carboxylic acids is 1. The second-order valence-electron chi connectivity index (χ2n) is 4.02. The third-order valence-corrected chi connectivity index (χ3v) is 2.08. The molecule has 0 unspecified atom stereocenters. The van der Waals surface area contributed by atoms with E-state index in [0.717, 1.165) is 0 Å². The van der Waals surface area contributed by atoms with Gasteiger partial charge in [-0.05, 0) is 26.0 Å². The molecule has 0 amide bonds. The van der Waals surface area contributed by atoms with Gasteiger partial charge >= 0.3 is 5.97 Å². The molecule has 0 radical (unpaired) electrons. The summed E-state index contributed by atoms with van der Waals surface area (Å²) in [6, 6.07) is 3.43. The van der Waals surface area contributed by atoms with Crippen LogP contribution in [0.4, 0.5) is 11.5 Å². The SMILES string of the molecule is CC(C)(CNc1ccc(N)cn1)C(=O)O. The molecule has 1 aromatic heterocycles. The zero-order valence-electron chi connectivity index (χ0n) is 8.82. The molecule has 5 heteroatoms. The Balaban J connectivity index is 2.57. The van der Waals surface area contributed by atoms with Crippen molar-refractivity contribution in [2.45, 2.75) is 13.8 Å². The van der Waals surface area contributed by atoms with E-state index in [9.17, 15) is 4.79 Å². The van der Waals surface area contributed by atoms with Crippen molar-refractivity contribution in [3.63, 3.8) is 0 Å². The molecule has 0 atom stereocenters. The van der Waals surface area contributed by atoms with Gasteiger partial charge in [-0.2, -0.15) is 0 Å². The second kappa shape index (κ2) is 4.16. The molecule has 15 heavy (non-hydrogen) atoms. The number of aromatic nitrogens is 1. The van der Waals surface area contributed by atoms with Gasteiger partial charge in [-0.1, -0.05) is 0 Å². The number of rotatable bonds is 4. The summed E-state index contributed by atoms with van der Waals surface area (Å²) in [5.74, 6) is -0.219. The normalized spacial score (nSPS) is 11.1. The van der Waals surface area contributed by atoms with Gasteiger partial charge in [-0.3, -0.25) is 4.79 Å². The van der Waals surface area contributed by atoms with Crippen molar-refractivity contribution in [2.75, 3.05) is 17.6 Å². The summed E-state index contributed by atoms with van der Waals surface area (Å²) >= 11 is 0. The molecule has 0 saturated carbocycles. The lowest BCUT2D eigenvalue weighted by atomic mass is 9.94. The molecule has 0 aromatic carbocycles. The topological polar surface area (TPSA) is 88.2 Å². The van der Waals surface area contributed by atoms with Crippen LogP contribution >= 0.6 is 0 Å². The summed E-state index contributed by atoms with van der Waals surface area (Å²) in [6.07, 6.45) is 1.52. The molecule has 0 aliphatic rings. The molecule has 0 bridgehead atoms. The van der Waals surface area contributed by atoms with Gasteiger partial charge in [-0.15, -0.1) is 0 Å². The highest BCUT2D eigenvalue weighted by Crippen LogP contribution is 2.16. The molecule has 0 fully saturated rings. The van der Waals surface area contributed by atoms with Crippen LogP contribution in [-0.4, -0.2) is 22.6 Å². The number of pyridine rings is 1. The minimum absolute atomic E-state index is 0.319. The van der Waals surface area contributed by atoms with Gasteiger partial charge < -0.3 is 16.2 Å². The Morgan fingerprint density at radius 1 is 1.60 bits per heavy atom. The number of anilines is 2. The van der Waals surface area contributed by atoms with Gasteiger partial charge in [0.1, 0.15) is 5.82 Å². The number of hydrogen-bond acceptors (Lipinski definition) is 4. The first-order chi connectivity index (χ1) is 6.92. The molecule has 1 aromatic rings. The Morgan fingerprint density at radius 3 is 2.73 bits per heavy atom. The Hall–Kier alpha value is -1.78. The average Bonchev–Trinajstić information content (AvgIpc) is 2.17. The second-order valence-corrected chi connectivity index (χ2v) is 4.02. The Kier molecular flexibility index (Phi) is 3.14. The first-order valence-corrected chi connectivity index (χ1v) is 4.60. The van der Waals surface area contributed by atoms with Crippen LogP contribution in [0.2, 0.25) is 0 Å². The van der Waals surface area contributed by atoms with Crippen LogP contribution < -0.4 is 11.1 Å². The Labute approximate surface area is 88.3 Å². The number of nitrogens with one attached hydrogen (secondary N) is 1. The number of carboxylic acid groups (broad SMARTS) is 1. The number of carbonyl (C=O) groups is 1.